The number of aromatic nitrogens is 3. The molecule has 0 aromatic carbocycles. The molecule has 1 aromatic rings. The average molecular weight is 236 g/mol. The third kappa shape index (κ3) is 4.07. The number of rotatable bonds is 2. The van der Waals surface area contributed by atoms with Gasteiger partial charge in [-0.15, -0.1) is 0 Å². The molecular weight excluding hydrogens is 225 g/mol. The van der Waals surface area contributed by atoms with Gasteiger partial charge in [-0.05, 0) is 28.6 Å². The van der Waals surface area contributed by atoms with E-state index in [0.717, 1.165) is 0 Å². The average Bonchev–Trinajstić information content (AvgIpc) is 1.97. The van der Waals surface area contributed by atoms with E-state index in [0.29, 0.717) is 6.61 Å². The quantitative estimate of drug-likeness (QED) is 0.791. The van der Waals surface area contributed by atoms with Crippen LogP contribution in [0.5, 0.6) is 6.01 Å². The standard InChI is InChI=1S/C8H11Cl2N3O/c1-8(2,3)4-14-7-12-5(9)11-6(10)13-7/h4H2,1-3H3. The number of ether oxygens (including phenoxy) is 1. The molecule has 0 aliphatic rings. The zero-order chi connectivity index (χ0) is 10.8. The highest BCUT2D eigenvalue weighted by molar-refractivity contribution is 6.31. The molecule has 0 saturated carbocycles. The van der Waals surface area contributed by atoms with Gasteiger partial charge >= 0.3 is 6.01 Å². The van der Waals surface area contributed by atoms with Crippen LogP contribution in [-0.4, -0.2) is 21.6 Å². The first-order valence-electron chi connectivity index (χ1n) is 4.07. The third-order valence-electron chi connectivity index (χ3n) is 1.19. The fourth-order valence-corrected chi connectivity index (χ4v) is 1.00. The molecule has 0 amide bonds. The Morgan fingerprint density at radius 1 is 1.07 bits per heavy atom. The highest BCUT2D eigenvalue weighted by atomic mass is 35.5. The second kappa shape index (κ2) is 4.28. The van der Waals surface area contributed by atoms with E-state index in [2.05, 4.69) is 15.0 Å². The van der Waals surface area contributed by atoms with Crippen LogP contribution in [0.1, 0.15) is 20.8 Å². The molecule has 0 fully saturated rings. The maximum atomic E-state index is 5.57. The Hall–Kier alpha value is -0.610. The predicted octanol–water partition coefficient (Wildman–Crippen LogP) is 2.60. The topological polar surface area (TPSA) is 47.9 Å². The zero-order valence-corrected chi connectivity index (χ0v) is 9.72. The Morgan fingerprint density at radius 3 is 2.00 bits per heavy atom. The number of halogens is 2. The van der Waals surface area contributed by atoms with Gasteiger partial charge in [0.05, 0.1) is 6.61 Å². The molecule has 1 aromatic heterocycles. The highest BCUT2D eigenvalue weighted by Gasteiger charge is 2.13. The van der Waals surface area contributed by atoms with Crippen molar-refractivity contribution in [1.82, 2.24) is 15.0 Å². The molecule has 1 heterocycles. The van der Waals surface area contributed by atoms with Crippen molar-refractivity contribution < 1.29 is 4.74 Å². The van der Waals surface area contributed by atoms with Crippen molar-refractivity contribution in [3.63, 3.8) is 0 Å². The lowest BCUT2D eigenvalue weighted by molar-refractivity contribution is 0.184. The largest absolute Gasteiger partial charge is 0.463 e. The van der Waals surface area contributed by atoms with Crippen LogP contribution in [0.4, 0.5) is 0 Å². The van der Waals surface area contributed by atoms with Crippen molar-refractivity contribution in [1.29, 1.82) is 0 Å². The molecule has 4 nitrogen and oxygen atoms in total. The molecule has 0 spiro atoms. The smallest absolute Gasteiger partial charge is 0.322 e. The van der Waals surface area contributed by atoms with Crippen molar-refractivity contribution in [3.8, 4) is 6.01 Å². The molecule has 0 saturated heterocycles. The van der Waals surface area contributed by atoms with E-state index < -0.39 is 0 Å². The minimum Gasteiger partial charge on any atom is -0.463 e. The minimum absolute atomic E-state index is 0.0333. The van der Waals surface area contributed by atoms with Gasteiger partial charge in [-0.1, -0.05) is 20.8 Å². The molecule has 0 bridgehead atoms. The van der Waals surface area contributed by atoms with Gasteiger partial charge in [0.1, 0.15) is 0 Å². The number of nitrogens with zero attached hydrogens (tertiary/aromatic N) is 3. The van der Waals surface area contributed by atoms with Gasteiger partial charge in [-0.3, -0.25) is 0 Å². The number of hydrogen-bond acceptors (Lipinski definition) is 4. The molecule has 0 aliphatic heterocycles. The molecule has 0 unspecified atom stereocenters. The molecule has 0 N–H and O–H groups in total. The van der Waals surface area contributed by atoms with Crippen molar-refractivity contribution in [2.45, 2.75) is 20.8 Å². The summed E-state index contributed by atoms with van der Waals surface area (Å²) in [6, 6.07) is 0.157. The van der Waals surface area contributed by atoms with Crippen molar-refractivity contribution in [3.05, 3.63) is 10.6 Å². The predicted molar refractivity (Wildman–Crippen MR) is 54.8 cm³/mol. The summed E-state index contributed by atoms with van der Waals surface area (Å²) < 4.78 is 5.30. The van der Waals surface area contributed by atoms with Crippen molar-refractivity contribution >= 4 is 23.2 Å². The normalized spacial score (nSPS) is 11.5. The van der Waals surface area contributed by atoms with Crippen LogP contribution >= 0.6 is 23.2 Å². The van der Waals surface area contributed by atoms with Crippen molar-refractivity contribution in [2.75, 3.05) is 6.61 Å². The molecule has 0 atom stereocenters. The Morgan fingerprint density at radius 2 is 1.57 bits per heavy atom. The summed E-state index contributed by atoms with van der Waals surface area (Å²) in [5.41, 5.74) is 0.0333. The van der Waals surface area contributed by atoms with Crippen LogP contribution in [-0.2, 0) is 0 Å². The second-order valence-corrected chi connectivity index (χ2v) is 4.68. The van der Waals surface area contributed by atoms with Crippen molar-refractivity contribution in [2.24, 2.45) is 5.41 Å². The molecule has 6 heteroatoms. The van der Waals surface area contributed by atoms with Crippen LogP contribution in [0.2, 0.25) is 10.6 Å². The third-order valence-corrected chi connectivity index (χ3v) is 1.53. The van der Waals surface area contributed by atoms with E-state index in [1.165, 1.54) is 0 Å². The summed E-state index contributed by atoms with van der Waals surface area (Å²) in [6.07, 6.45) is 0. The molecule has 1 rings (SSSR count). The minimum atomic E-state index is 0.0333. The van der Waals surface area contributed by atoms with Gasteiger partial charge in [0.25, 0.3) is 0 Å². The van der Waals surface area contributed by atoms with Gasteiger partial charge in [-0.25, -0.2) is 0 Å². The summed E-state index contributed by atoms with van der Waals surface area (Å²) in [4.78, 5) is 11.2. The monoisotopic (exact) mass is 235 g/mol. The van der Waals surface area contributed by atoms with Crippen LogP contribution in [0.3, 0.4) is 0 Å². The van der Waals surface area contributed by atoms with Crippen LogP contribution in [0.25, 0.3) is 0 Å². The van der Waals surface area contributed by atoms with E-state index in [-0.39, 0.29) is 22.0 Å². The summed E-state index contributed by atoms with van der Waals surface area (Å²) in [5.74, 6) is 0. The first-order chi connectivity index (χ1) is 6.37. The Labute approximate surface area is 92.6 Å². The lowest BCUT2D eigenvalue weighted by atomic mass is 9.99. The van der Waals surface area contributed by atoms with E-state index in [9.17, 15) is 0 Å². The van der Waals surface area contributed by atoms with E-state index in [1.807, 2.05) is 20.8 Å². The molecule has 0 radical (unpaired) electrons. The molecule has 14 heavy (non-hydrogen) atoms. The Balaban J connectivity index is 2.68. The maximum Gasteiger partial charge on any atom is 0.322 e. The fraction of sp³-hybridized carbons (Fsp3) is 0.625. The molecule has 78 valence electrons. The van der Waals surface area contributed by atoms with E-state index in [1.54, 1.807) is 0 Å². The summed E-state index contributed by atoms with van der Waals surface area (Å²) in [7, 11) is 0. The van der Waals surface area contributed by atoms with Gasteiger partial charge in [0, 0.05) is 0 Å². The van der Waals surface area contributed by atoms with Crippen LogP contribution in [0.15, 0.2) is 0 Å². The number of hydrogen-bond donors (Lipinski definition) is 0. The first-order valence-corrected chi connectivity index (χ1v) is 4.82. The van der Waals surface area contributed by atoms with Gasteiger partial charge in [0.15, 0.2) is 0 Å². The lowest BCUT2D eigenvalue weighted by Crippen LogP contribution is -2.18. The van der Waals surface area contributed by atoms with Crippen LogP contribution in [0, 0.1) is 5.41 Å². The van der Waals surface area contributed by atoms with Crippen LogP contribution < -0.4 is 4.74 Å². The van der Waals surface area contributed by atoms with Gasteiger partial charge in [-0.2, -0.15) is 15.0 Å². The fourth-order valence-electron chi connectivity index (χ4n) is 0.655. The Kier molecular flexibility index (Phi) is 3.50. The van der Waals surface area contributed by atoms with Gasteiger partial charge in [0.2, 0.25) is 10.6 Å². The lowest BCUT2D eigenvalue weighted by Gasteiger charge is -2.17. The maximum absolute atomic E-state index is 5.57. The Bertz CT molecular complexity index is 305. The first kappa shape index (κ1) is 11.5. The zero-order valence-electron chi connectivity index (χ0n) is 8.21. The molecular formula is C8H11Cl2N3O. The van der Waals surface area contributed by atoms with Gasteiger partial charge < -0.3 is 4.74 Å². The SMILES string of the molecule is CC(C)(C)COc1nc(Cl)nc(Cl)n1. The second-order valence-electron chi connectivity index (χ2n) is 4.01. The summed E-state index contributed by atoms with van der Waals surface area (Å²) in [5, 5.41) is 0.0721. The summed E-state index contributed by atoms with van der Waals surface area (Å²) >= 11 is 11.1. The van der Waals surface area contributed by atoms with E-state index in [4.69, 9.17) is 27.9 Å². The highest BCUT2D eigenvalue weighted by Crippen LogP contribution is 2.16. The van der Waals surface area contributed by atoms with E-state index >= 15 is 0 Å². The summed E-state index contributed by atoms with van der Waals surface area (Å²) in [6.45, 7) is 6.61. The molecule has 0 aliphatic carbocycles.